The predicted octanol–water partition coefficient (Wildman–Crippen LogP) is 3.71. The number of benzene rings is 1. The second kappa shape index (κ2) is 4.52. The zero-order valence-corrected chi connectivity index (χ0v) is 10.6. The molecule has 1 aromatic carbocycles. The standard InChI is InChI=1S/C15H20O2/c1-3-11(4-2)12-6-5-7-13(10-12)15(8-9-15)14(16)17/h5-7,10-11H,3-4,8-9H2,1-2H3,(H,16,17). The van der Waals surface area contributed by atoms with Gasteiger partial charge in [0.25, 0.3) is 0 Å². The van der Waals surface area contributed by atoms with E-state index >= 15 is 0 Å². The number of carboxylic acid groups (broad SMARTS) is 1. The third-order valence-corrected chi connectivity index (χ3v) is 4.06. The lowest BCUT2D eigenvalue weighted by atomic mass is 9.88. The Morgan fingerprint density at radius 1 is 1.35 bits per heavy atom. The summed E-state index contributed by atoms with van der Waals surface area (Å²) in [5.41, 5.74) is 1.72. The summed E-state index contributed by atoms with van der Waals surface area (Å²) < 4.78 is 0. The van der Waals surface area contributed by atoms with Crippen molar-refractivity contribution >= 4 is 5.97 Å². The molecule has 1 aliphatic carbocycles. The van der Waals surface area contributed by atoms with E-state index in [9.17, 15) is 9.90 Å². The van der Waals surface area contributed by atoms with Gasteiger partial charge in [-0.15, -0.1) is 0 Å². The molecule has 1 aliphatic rings. The Hall–Kier alpha value is -1.31. The Balaban J connectivity index is 2.32. The lowest BCUT2D eigenvalue weighted by Crippen LogP contribution is -2.19. The minimum absolute atomic E-state index is 0.555. The first-order valence-electron chi connectivity index (χ1n) is 6.48. The van der Waals surface area contributed by atoms with Gasteiger partial charge in [0.1, 0.15) is 0 Å². The van der Waals surface area contributed by atoms with Crippen LogP contribution in [0.3, 0.4) is 0 Å². The Morgan fingerprint density at radius 2 is 2.00 bits per heavy atom. The summed E-state index contributed by atoms with van der Waals surface area (Å²) in [6.45, 7) is 4.37. The number of hydrogen-bond acceptors (Lipinski definition) is 1. The van der Waals surface area contributed by atoms with E-state index in [0.717, 1.165) is 31.2 Å². The molecule has 0 bridgehead atoms. The smallest absolute Gasteiger partial charge is 0.314 e. The van der Waals surface area contributed by atoms with Crippen molar-refractivity contribution in [3.05, 3.63) is 35.4 Å². The number of carboxylic acids is 1. The highest BCUT2D eigenvalue weighted by Crippen LogP contribution is 2.48. The third kappa shape index (κ3) is 2.08. The molecular formula is C15H20O2. The van der Waals surface area contributed by atoms with Crippen molar-refractivity contribution in [1.29, 1.82) is 0 Å². The van der Waals surface area contributed by atoms with Gasteiger partial charge >= 0.3 is 5.97 Å². The van der Waals surface area contributed by atoms with Gasteiger partial charge in [-0.1, -0.05) is 38.1 Å². The number of rotatable bonds is 5. The van der Waals surface area contributed by atoms with Gasteiger partial charge in [-0.3, -0.25) is 4.79 Å². The molecule has 0 atom stereocenters. The molecule has 0 saturated heterocycles. The van der Waals surface area contributed by atoms with E-state index in [-0.39, 0.29) is 0 Å². The first-order chi connectivity index (χ1) is 8.14. The lowest BCUT2D eigenvalue weighted by molar-refractivity contribution is -0.140. The van der Waals surface area contributed by atoms with Crippen molar-refractivity contribution in [3.8, 4) is 0 Å². The maximum atomic E-state index is 11.3. The second-order valence-corrected chi connectivity index (χ2v) is 5.03. The summed E-state index contributed by atoms with van der Waals surface area (Å²) in [6.07, 6.45) is 3.80. The van der Waals surface area contributed by atoms with Crippen LogP contribution >= 0.6 is 0 Å². The minimum Gasteiger partial charge on any atom is -0.481 e. The zero-order chi connectivity index (χ0) is 12.5. The second-order valence-electron chi connectivity index (χ2n) is 5.03. The van der Waals surface area contributed by atoms with Gasteiger partial charge in [0.2, 0.25) is 0 Å². The molecule has 2 heteroatoms. The topological polar surface area (TPSA) is 37.3 Å². The van der Waals surface area contributed by atoms with Crippen LogP contribution in [0.25, 0.3) is 0 Å². The van der Waals surface area contributed by atoms with E-state index < -0.39 is 11.4 Å². The summed E-state index contributed by atoms with van der Waals surface area (Å²) in [7, 11) is 0. The molecule has 92 valence electrons. The SMILES string of the molecule is CCC(CC)c1cccc(C2(C(=O)O)CC2)c1. The van der Waals surface area contributed by atoms with Gasteiger partial charge in [-0.2, -0.15) is 0 Å². The van der Waals surface area contributed by atoms with Gasteiger partial charge in [-0.05, 0) is 42.7 Å². The van der Waals surface area contributed by atoms with E-state index in [4.69, 9.17) is 0 Å². The monoisotopic (exact) mass is 232 g/mol. The summed E-state index contributed by atoms with van der Waals surface area (Å²) in [6, 6.07) is 8.21. The van der Waals surface area contributed by atoms with E-state index in [1.807, 2.05) is 12.1 Å². The average Bonchev–Trinajstić information content (AvgIpc) is 3.12. The van der Waals surface area contributed by atoms with Crippen LogP contribution in [0.4, 0.5) is 0 Å². The fourth-order valence-electron chi connectivity index (χ4n) is 2.60. The zero-order valence-electron chi connectivity index (χ0n) is 10.6. The van der Waals surface area contributed by atoms with Crippen molar-refractivity contribution in [2.24, 2.45) is 0 Å². The summed E-state index contributed by atoms with van der Waals surface area (Å²) in [5, 5.41) is 9.30. The van der Waals surface area contributed by atoms with Crippen LogP contribution < -0.4 is 0 Å². The normalized spacial score (nSPS) is 17.1. The van der Waals surface area contributed by atoms with Crippen molar-refractivity contribution in [2.75, 3.05) is 0 Å². The van der Waals surface area contributed by atoms with Gasteiger partial charge in [0.05, 0.1) is 5.41 Å². The molecule has 1 N–H and O–H groups in total. The fourth-order valence-corrected chi connectivity index (χ4v) is 2.60. The third-order valence-electron chi connectivity index (χ3n) is 4.06. The minimum atomic E-state index is -0.667. The molecule has 1 fully saturated rings. The largest absolute Gasteiger partial charge is 0.481 e. The van der Waals surface area contributed by atoms with Crippen LogP contribution in [0.5, 0.6) is 0 Å². The molecule has 1 saturated carbocycles. The Kier molecular flexibility index (Phi) is 3.23. The molecule has 0 aliphatic heterocycles. The van der Waals surface area contributed by atoms with Crippen molar-refractivity contribution < 1.29 is 9.90 Å². The van der Waals surface area contributed by atoms with E-state index in [0.29, 0.717) is 5.92 Å². The Bertz CT molecular complexity index is 415. The molecule has 0 amide bonds. The number of carbonyl (C=O) groups is 1. The van der Waals surface area contributed by atoms with Crippen LogP contribution in [-0.2, 0) is 10.2 Å². The van der Waals surface area contributed by atoms with Crippen LogP contribution in [0.1, 0.15) is 56.6 Å². The van der Waals surface area contributed by atoms with Gasteiger partial charge < -0.3 is 5.11 Å². The Morgan fingerprint density at radius 3 is 2.47 bits per heavy atom. The molecule has 0 unspecified atom stereocenters. The first kappa shape index (κ1) is 12.2. The van der Waals surface area contributed by atoms with Crippen molar-refractivity contribution in [1.82, 2.24) is 0 Å². The number of hydrogen-bond donors (Lipinski definition) is 1. The van der Waals surface area contributed by atoms with Gasteiger partial charge in [0, 0.05) is 0 Å². The molecule has 2 nitrogen and oxygen atoms in total. The summed E-state index contributed by atoms with van der Waals surface area (Å²) >= 11 is 0. The van der Waals surface area contributed by atoms with Crippen molar-refractivity contribution in [2.45, 2.75) is 50.9 Å². The first-order valence-corrected chi connectivity index (χ1v) is 6.48. The van der Waals surface area contributed by atoms with E-state index in [1.165, 1.54) is 5.56 Å². The average molecular weight is 232 g/mol. The predicted molar refractivity (Wildman–Crippen MR) is 68.3 cm³/mol. The van der Waals surface area contributed by atoms with Crippen molar-refractivity contribution in [3.63, 3.8) is 0 Å². The highest BCUT2D eigenvalue weighted by atomic mass is 16.4. The van der Waals surface area contributed by atoms with E-state index in [2.05, 4.69) is 26.0 Å². The van der Waals surface area contributed by atoms with Gasteiger partial charge in [0.15, 0.2) is 0 Å². The van der Waals surface area contributed by atoms with Crippen LogP contribution in [0.15, 0.2) is 24.3 Å². The van der Waals surface area contributed by atoms with Crippen LogP contribution in [-0.4, -0.2) is 11.1 Å². The maximum Gasteiger partial charge on any atom is 0.314 e. The number of aliphatic carboxylic acids is 1. The van der Waals surface area contributed by atoms with Gasteiger partial charge in [-0.25, -0.2) is 0 Å². The molecular weight excluding hydrogens is 212 g/mol. The summed E-state index contributed by atoms with van der Waals surface area (Å²) in [4.78, 5) is 11.3. The highest BCUT2D eigenvalue weighted by Gasteiger charge is 2.51. The highest BCUT2D eigenvalue weighted by molar-refractivity contribution is 5.84. The maximum absolute atomic E-state index is 11.3. The van der Waals surface area contributed by atoms with E-state index in [1.54, 1.807) is 0 Å². The quantitative estimate of drug-likeness (QED) is 0.840. The Labute approximate surface area is 103 Å². The fraction of sp³-hybridized carbons (Fsp3) is 0.533. The molecule has 17 heavy (non-hydrogen) atoms. The molecule has 0 spiro atoms. The summed E-state index contributed by atoms with van der Waals surface area (Å²) in [5.74, 6) is -0.112. The molecule has 0 radical (unpaired) electrons. The lowest BCUT2D eigenvalue weighted by Gasteiger charge is -2.16. The molecule has 2 rings (SSSR count). The molecule has 0 aromatic heterocycles. The molecule has 0 heterocycles. The molecule has 1 aromatic rings. The van der Waals surface area contributed by atoms with Crippen LogP contribution in [0.2, 0.25) is 0 Å². The van der Waals surface area contributed by atoms with Crippen LogP contribution in [0, 0.1) is 0 Å².